The first kappa shape index (κ1) is 17.1. The fourth-order valence-electron chi connectivity index (χ4n) is 1.65. The molecule has 20 heavy (non-hydrogen) atoms. The van der Waals surface area contributed by atoms with Crippen LogP contribution in [-0.2, 0) is 19.9 Å². The van der Waals surface area contributed by atoms with Crippen molar-refractivity contribution in [2.45, 2.75) is 17.9 Å². The number of hydrogen-bond acceptors (Lipinski definition) is 5. The number of benzene rings is 1. The molecule has 0 amide bonds. The molecule has 1 aromatic rings. The molecule has 114 valence electrons. The number of rotatable bonds is 7. The van der Waals surface area contributed by atoms with Gasteiger partial charge in [-0.3, -0.25) is 0 Å². The molecule has 6 nitrogen and oxygen atoms in total. The summed E-state index contributed by atoms with van der Waals surface area (Å²) in [7, 11) is -6.35. The lowest BCUT2D eigenvalue weighted by Crippen LogP contribution is -2.32. The lowest BCUT2D eigenvalue weighted by atomic mass is 10.1. The van der Waals surface area contributed by atoms with Crippen LogP contribution in [0.4, 0.5) is 0 Å². The summed E-state index contributed by atoms with van der Waals surface area (Å²) in [6.07, 6.45) is 2.28. The van der Waals surface area contributed by atoms with Gasteiger partial charge in [0.1, 0.15) is 0 Å². The van der Waals surface area contributed by atoms with Crippen LogP contribution < -0.4 is 10.0 Å². The summed E-state index contributed by atoms with van der Waals surface area (Å²) in [5, 5.41) is 3.15. The second kappa shape index (κ2) is 6.66. The highest BCUT2D eigenvalue weighted by atomic mass is 32.2. The van der Waals surface area contributed by atoms with Crippen LogP contribution in [0.1, 0.15) is 18.5 Å². The van der Waals surface area contributed by atoms with Crippen molar-refractivity contribution < 1.29 is 16.8 Å². The second-order valence-electron chi connectivity index (χ2n) is 4.68. The molecule has 0 aromatic heterocycles. The van der Waals surface area contributed by atoms with Gasteiger partial charge in [-0.15, -0.1) is 0 Å². The average Bonchev–Trinajstić information content (AvgIpc) is 2.32. The van der Waals surface area contributed by atoms with Crippen LogP contribution in [0.15, 0.2) is 29.2 Å². The Kier molecular flexibility index (Phi) is 5.69. The maximum atomic E-state index is 11.3. The van der Waals surface area contributed by atoms with E-state index in [9.17, 15) is 16.8 Å². The van der Waals surface area contributed by atoms with Crippen molar-refractivity contribution in [2.75, 3.05) is 25.6 Å². The smallest absolute Gasteiger partial charge is 0.208 e. The highest BCUT2D eigenvalue weighted by Crippen LogP contribution is 2.15. The largest absolute Gasteiger partial charge is 0.309 e. The number of hydrogen-bond donors (Lipinski definition) is 2. The van der Waals surface area contributed by atoms with E-state index in [0.29, 0.717) is 13.1 Å². The predicted octanol–water partition coefficient (Wildman–Crippen LogP) is 0.290. The summed E-state index contributed by atoms with van der Waals surface area (Å²) in [5.74, 6) is 0. The minimum atomic E-state index is -3.18. The third-order valence-electron chi connectivity index (χ3n) is 2.75. The zero-order chi connectivity index (χ0) is 15.4. The van der Waals surface area contributed by atoms with Crippen LogP contribution in [0.2, 0.25) is 0 Å². The Morgan fingerprint density at radius 3 is 2.00 bits per heavy atom. The molecule has 0 aliphatic carbocycles. The van der Waals surface area contributed by atoms with E-state index in [0.717, 1.165) is 11.8 Å². The van der Waals surface area contributed by atoms with E-state index in [1.165, 1.54) is 6.26 Å². The number of nitrogens with one attached hydrogen (secondary N) is 2. The molecule has 8 heteroatoms. The van der Waals surface area contributed by atoms with Gasteiger partial charge in [0.2, 0.25) is 10.0 Å². The molecule has 2 N–H and O–H groups in total. The normalized spacial score (nSPS) is 14.2. The third kappa shape index (κ3) is 6.00. The Hall–Kier alpha value is -0.960. The number of sulfone groups is 1. The van der Waals surface area contributed by atoms with E-state index >= 15 is 0 Å². The van der Waals surface area contributed by atoms with Gasteiger partial charge in [-0.2, -0.15) is 0 Å². The minimum Gasteiger partial charge on any atom is -0.309 e. The molecule has 0 saturated heterocycles. The van der Waals surface area contributed by atoms with Crippen molar-refractivity contribution in [1.29, 1.82) is 0 Å². The average molecular weight is 320 g/mol. The Labute approximate surface area is 120 Å². The van der Waals surface area contributed by atoms with E-state index < -0.39 is 19.9 Å². The Bertz CT molecular complexity index is 637. The van der Waals surface area contributed by atoms with Gasteiger partial charge >= 0.3 is 0 Å². The fourth-order valence-corrected chi connectivity index (χ4v) is 2.75. The second-order valence-corrected chi connectivity index (χ2v) is 8.53. The van der Waals surface area contributed by atoms with E-state index in [2.05, 4.69) is 10.0 Å². The quantitative estimate of drug-likeness (QED) is 0.705. The van der Waals surface area contributed by atoms with Crippen LogP contribution in [0, 0.1) is 0 Å². The molecule has 1 atom stereocenters. The Morgan fingerprint density at radius 2 is 1.55 bits per heavy atom. The van der Waals surface area contributed by atoms with Crippen molar-refractivity contribution in [1.82, 2.24) is 10.0 Å². The van der Waals surface area contributed by atoms with Gasteiger partial charge in [-0.1, -0.05) is 12.1 Å². The van der Waals surface area contributed by atoms with Gasteiger partial charge < -0.3 is 5.32 Å². The molecule has 1 aromatic carbocycles. The molecule has 0 bridgehead atoms. The van der Waals surface area contributed by atoms with Gasteiger partial charge in [0, 0.05) is 25.4 Å². The molecular weight excluding hydrogens is 300 g/mol. The van der Waals surface area contributed by atoms with Gasteiger partial charge in [-0.25, -0.2) is 21.6 Å². The summed E-state index contributed by atoms with van der Waals surface area (Å²) in [6.45, 7) is 2.72. The third-order valence-corrected chi connectivity index (χ3v) is 4.60. The molecule has 0 aliphatic heterocycles. The van der Waals surface area contributed by atoms with Crippen LogP contribution in [0.5, 0.6) is 0 Å². The van der Waals surface area contributed by atoms with Gasteiger partial charge in [0.25, 0.3) is 0 Å². The molecule has 0 spiro atoms. The molecule has 0 radical (unpaired) electrons. The predicted molar refractivity (Wildman–Crippen MR) is 78.8 cm³/mol. The molecular formula is C12H20N2O4S2. The first-order valence-corrected chi connectivity index (χ1v) is 9.86. The SMILES string of the molecule is CC(NCCNS(C)(=O)=O)c1ccc(S(C)(=O)=O)cc1. The van der Waals surface area contributed by atoms with Gasteiger partial charge in [-0.05, 0) is 24.6 Å². The summed E-state index contributed by atoms with van der Waals surface area (Å²) in [4.78, 5) is 0.284. The summed E-state index contributed by atoms with van der Waals surface area (Å²) in [6, 6.07) is 6.63. The van der Waals surface area contributed by atoms with Gasteiger partial charge in [0.15, 0.2) is 9.84 Å². The van der Waals surface area contributed by atoms with E-state index in [4.69, 9.17) is 0 Å². The van der Waals surface area contributed by atoms with E-state index in [1.54, 1.807) is 24.3 Å². The topological polar surface area (TPSA) is 92.3 Å². The number of sulfonamides is 1. The van der Waals surface area contributed by atoms with Crippen molar-refractivity contribution in [3.63, 3.8) is 0 Å². The first-order valence-electron chi connectivity index (χ1n) is 6.07. The van der Waals surface area contributed by atoms with Gasteiger partial charge in [0.05, 0.1) is 11.2 Å². The van der Waals surface area contributed by atoms with Crippen LogP contribution in [0.3, 0.4) is 0 Å². The standard InChI is InChI=1S/C12H20N2O4S2/c1-10(13-8-9-14-20(3,17)18)11-4-6-12(7-5-11)19(2,15)16/h4-7,10,13-14H,8-9H2,1-3H3. The fraction of sp³-hybridized carbons (Fsp3) is 0.500. The summed E-state index contributed by atoms with van der Waals surface area (Å²) < 4.78 is 46.8. The highest BCUT2D eigenvalue weighted by Gasteiger charge is 2.09. The lowest BCUT2D eigenvalue weighted by Gasteiger charge is -2.14. The minimum absolute atomic E-state index is 0.00460. The monoisotopic (exact) mass is 320 g/mol. The summed E-state index contributed by atoms with van der Waals surface area (Å²) in [5.41, 5.74) is 0.941. The lowest BCUT2D eigenvalue weighted by molar-refractivity contribution is 0.556. The van der Waals surface area contributed by atoms with E-state index in [-0.39, 0.29) is 10.9 Å². The maximum absolute atomic E-state index is 11.3. The van der Waals surface area contributed by atoms with E-state index in [1.807, 2.05) is 6.92 Å². The molecule has 0 fully saturated rings. The van der Waals surface area contributed by atoms with Crippen LogP contribution in [-0.4, -0.2) is 42.4 Å². The van der Waals surface area contributed by atoms with Crippen molar-refractivity contribution in [2.24, 2.45) is 0 Å². The van der Waals surface area contributed by atoms with Crippen molar-refractivity contribution >= 4 is 19.9 Å². The molecule has 0 saturated carbocycles. The van der Waals surface area contributed by atoms with Crippen LogP contribution >= 0.6 is 0 Å². The van der Waals surface area contributed by atoms with Crippen molar-refractivity contribution in [3.05, 3.63) is 29.8 Å². The zero-order valence-corrected chi connectivity index (χ0v) is 13.4. The Morgan fingerprint density at radius 1 is 1.00 bits per heavy atom. The maximum Gasteiger partial charge on any atom is 0.208 e. The molecule has 0 heterocycles. The zero-order valence-electron chi connectivity index (χ0n) is 11.8. The summed E-state index contributed by atoms with van der Waals surface area (Å²) >= 11 is 0. The Balaban J connectivity index is 2.54. The van der Waals surface area contributed by atoms with Crippen LogP contribution in [0.25, 0.3) is 0 Å². The van der Waals surface area contributed by atoms with Crippen molar-refractivity contribution in [3.8, 4) is 0 Å². The molecule has 1 unspecified atom stereocenters. The first-order chi connectivity index (χ1) is 9.09. The molecule has 0 aliphatic rings. The highest BCUT2D eigenvalue weighted by molar-refractivity contribution is 7.90. The molecule has 1 rings (SSSR count).